The van der Waals surface area contributed by atoms with E-state index in [1.807, 2.05) is 18.2 Å². The predicted octanol–water partition coefficient (Wildman–Crippen LogP) is 5.82. The Morgan fingerprint density at radius 2 is 1.45 bits per heavy atom. The first kappa shape index (κ1) is 17.2. The maximum atomic E-state index is 6.31. The highest BCUT2D eigenvalue weighted by atomic mass is 35.5. The molecule has 0 aliphatic rings. The van der Waals surface area contributed by atoms with Gasteiger partial charge in [-0.3, -0.25) is 4.98 Å². The molecule has 0 aromatic carbocycles. The lowest BCUT2D eigenvalue weighted by Gasteiger charge is -2.32. The minimum atomic E-state index is -0.0930. The number of hydrogen-bond donors (Lipinski definition) is 0. The Morgan fingerprint density at radius 3 is 2.09 bits per heavy atom. The molecule has 118 valence electrons. The molecule has 2 nitrogen and oxygen atoms in total. The third-order valence-corrected chi connectivity index (χ3v) is 4.87. The summed E-state index contributed by atoms with van der Waals surface area (Å²) < 4.78 is 0. The summed E-state index contributed by atoms with van der Waals surface area (Å²) in [7, 11) is 0. The first-order valence-electron chi connectivity index (χ1n) is 7.46. The van der Waals surface area contributed by atoms with Gasteiger partial charge in [-0.2, -0.15) is 0 Å². The van der Waals surface area contributed by atoms with Crippen molar-refractivity contribution in [3.63, 3.8) is 0 Å². The monoisotopic (exact) mass is 336 g/mol. The number of halogens is 2. The lowest BCUT2D eigenvalue weighted by atomic mass is 9.74. The normalized spacial score (nSPS) is 12.5. The van der Waals surface area contributed by atoms with E-state index >= 15 is 0 Å². The first-order chi connectivity index (χ1) is 10.2. The third-order valence-electron chi connectivity index (χ3n) is 4.26. The van der Waals surface area contributed by atoms with E-state index in [9.17, 15) is 0 Å². The highest BCUT2D eigenvalue weighted by Crippen LogP contribution is 2.38. The summed E-state index contributed by atoms with van der Waals surface area (Å²) in [6.07, 6.45) is 5.45. The van der Waals surface area contributed by atoms with Gasteiger partial charge in [0.15, 0.2) is 0 Å². The van der Waals surface area contributed by atoms with Crippen molar-refractivity contribution in [1.82, 2.24) is 9.97 Å². The van der Waals surface area contributed by atoms with Crippen LogP contribution < -0.4 is 0 Å². The molecule has 0 amide bonds. The number of pyridine rings is 2. The van der Waals surface area contributed by atoms with E-state index in [2.05, 4.69) is 43.7 Å². The molecule has 2 rings (SSSR count). The molecule has 2 aromatic rings. The van der Waals surface area contributed by atoms with Crippen LogP contribution in [0.1, 0.15) is 51.8 Å². The van der Waals surface area contributed by atoms with Gasteiger partial charge >= 0.3 is 0 Å². The van der Waals surface area contributed by atoms with E-state index in [0.29, 0.717) is 5.15 Å². The first-order valence-corrected chi connectivity index (χ1v) is 8.22. The van der Waals surface area contributed by atoms with Crippen LogP contribution in [0, 0.1) is 0 Å². The summed E-state index contributed by atoms with van der Waals surface area (Å²) >= 11 is 12.6. The molecule has 0 saturated carbocycles. The standard InChI is InChI=1S/C18H22Cl2N2/c1-17(2,13-7-5-12-22-16(13)20)9-10-18(3,4)15-14(19)8-6-11-21-15/h5-8,11-12H,9-10H2,1-4H3. The van der Waals surface area contributed by atoms with E-state index in [4.69, 9.17) is 23.2 Å². The van der Waals surface area contributed by atoms with Crippen LogP contribution in [-0.2, 0) is 10.8 Å². The molecule has 0 radical (unpaired) electrons. The summed E-state index contributed by atoms with van der Waals surface area (Å²) in [5.41, 5.74) is 1.89. The van der Waals surface area contributed by atoms with Crippen molar-refractivity contribution in [3.05, 3.63) is 58.1 Å². The van der Waals surface area contributed by atoms with Crippen LogP contribution >= 0.6 is 23.2 Å². The zero-order chi connectivity index (χ0) is 16.4. The molecule has 2 aromatic heterocycles. The molecule has 0 aliphatic carbocycles. The van der Waals surface area contributed by atoms with E-state index in [1.54, 1.807) is 12.4 Å². The van der Waals surface area contributed by atoms with Gasteiger partial charge in [0.1, 0.15) is 5.15 Å². The second kappa shape index (κ2) is 6.55. The van der Waals surface area contributed by atoms with E-state index < -0.39 is 0 Å². The van der Waals surface area contributed by atoms with Crippen molar-refractivity contribution in [2.45, 2.75) is 51.4 Å². The van der Waals surface area contributed by atoms with Gasteiger partial charge in [-0.25, -0.2) is 4.98 Å². The minimum absolute atomic E-state index is 0.0517. The number of nitrogens with zero attached hydrogens (tertiary/aromatic N) is 2. The molecule has 0 N–H and O–H groups in total. The molecular weight excluding hydrogens is 315 g/mol. The topological polar surface area (TPSA) is 25.8 Å². The quantitative estimate of drug-likeness (QED) is 0.643. The van der Waals surface area contributed by atoms with E-state index in [-0.39, 0.29) is 10.8 Å². The fourth-order valence-corrected chi connectivity index (χ4v) is 3.41. The lowest BCUT2D eigenvalue weighted by Crippen LogP contribution is -2.25. The summed E-state index contributed by atoms with van der Waals surface area (Å²) in [5.74, 6) is 0. The van der Waals surface area contributed by atoms with Crippen molar-refractivity contribution in [2.75, 3.05) is 0 Å². The van der Waals surface area contributed by atoms with Gasteiger partial charge in [0, 0.05) is 17.8 Å². The van der Waals surface area contributed by atoms with Gasteiger partial charge in [0.2, 0.25) is 0 Å². The molecule has 4 heteroatoms. The maximum absolute atomic E-state index is 6.31. The Hall–Kier alpha value is -1.12. The lowest BCUT2D eigenvalue weighted by molar-refractivity contribution is 0.368. The van der Waals surface area contributed by atoms with Gasteiger partial charge in [-0.1, -0.05) is 57.0 Å². The predicted molar refractivity (Wildman–Crippen MR) is 93.8 cm³/mol. The SMILES string of the molecule is CC(C)(CCC(C)(C)c1ncccc1Cl)c1cccnc1Cl. The summed E-state index contributed by atoms with van der Waals surface area (Å²) in [5, 5.41) is 1.31. The molecule has 0 atom stereocenters. The highest BCUT2D eigenvalue weighted by Gasteiger charge is 2.30. The number of aromatic nitrogens is 2. The number of rotatable bonds is 5. The Morgan fingerprint density at radius 1 is 0.864 bits per heavy atom. The molecule has 0 aliphatic heterocycles. The van der Waals surface area contributed by atoms with Gasteiger partial charge in [-0.05, 0) is 42.0 Å². The van der Waals surface area contributed by atoms with Gasteiger partial charge in [0.25, 0.3) is 0 Å². The second-order valence-corrected chi connectivity index (χ2v) is 7.71. The van der Waals surface area contributed by atoms with Crippen LogP contribution in [-0.4, -0.2) is 9.97 Å². The van der Waals surface area contributed by atoms with E-state index in [0.717, 1.165) is 29.1 Å². The third kappa shape index (κ3) is 3.80. The molecule has 2 heterocycles. The van der Waals surface area contributed by atoms with Crippen LogP contribution in [0.2, 0.25) is 10.2 Å². The molecule has 0 saturated heterocycles. The molecule has 22 heavy (non-hydrogen) atoms. The smallest absolute Gasteiger partial charge is 0.132 e. The highest BCUT2D eigenvalue weighted by molar-refractivity contribution is 6.31. The summed E-state index contributed by atoms with van der Waals surface area (Å²) in [6, 6.07) is 7.75. The average molecular weight is 337 g/mol. The van der Waals surface area contributed by atoms with Crippen LogP contribution in [0.5, 0.6) is 0 Å². The van der Waals surface area contributed by atoms with Crippen molar-refractivity contribution in [2.24, 2.45) is 0 Å². The van der Waals surface area contributed by atoms with Crippen molar-refractivity contribution < 1.29 is 0 Å². The molecule has 0 unspecified atom stereocenters. The Kier molecular flexibility index (Phi) is 5.14. The minimum Gasteiger partial charge on any atom is -0.259 e. The zero-order valence-corrected chi connectivity index (χ0v) is 15.0. The largest absolute Gasteiger partial charge is 0.259 e. The van der Waals surface area contributed by atoms with Gasteiger partial charge in [-0.15, -0.1) is 0 Å². The van der Waals surface area contributed by atoms with Crippen molar-refractivity contribution in [3.8, 4) is 0 Å². The van der Waals surface area contributed by atoms with Crippen LogP contribution in [0.4, 0.5) is 0 Å². The second-order valence-electron chi connectivity index (χ2n) is 6.94. The maximum Gasteiger partial charge on any atom is 0.132 e. The molecule has 0 spiro atoms. The average Bonchev–Trinajstić information content (AvgIpc) is 2.46. The van der Waals surface area contributed by atoms with Crippen LogP contribution in [0.15, 0.2) is 36.7 Å². The van der Waals surface area contributed by atoms with Crippen LogP contribution in [0.3, 0.4) is 0 Å². The van der Waals surface area contributed by atoms with E-state index in [1.165, 1.54) is 0 Å². The van der Waals surface area contributed by atoms with Crippen molar-refractivity contribution in [1.29, 1.82) is 0 Å². The number of hydrogen-bond acceptors (Lipinski definition) is 2. The summed E-state index contributed by atoms with van der Waals surface area (Å²) in [6.45, 7) is 8.77. The fraction of sp³-hybridized carbons (Fsp3) is 0.444. The Bertz CT molecular complexity index is 594. The zero-order valence-electron chi connectivity index (χ0n) is 13.5. The molecule has 0 fully saturated rings. The molecule has 0 bridgehead atoms. The Balaban J connectivity index is 2.18. The van der Waals surface area contributed by atoms with Crippen LogP contribution in [0.25, 0.3) is 0 Å². The van der Waals surface area contributed by atoms with Crippen molar-refractivity contribution >= 4 is 23.2 Å². The fourth-order valence-electron chi connectivity index (χ4n) is 2.65. The Labute approximate surface area is 142 Å². The summed E-state index contributed by atoms with van der Waals surface area (Å²) in [4.78, 5) is 8.66. The molecular formula is C18H22Cl2N2. The van der Waals surface area contributed by atoms with Gasteiger partial charge < -0.3 is 0 Å². The van der Waals surface area contributed by atoms with Gasteiger partial charge in [0.05, 0.1) is 10.7 Å².